The van der Waals surface area contributed by atoms with Crippen molar-refractivity contribution in [2.24, 2.45) is 0 Å². The molecule has 37 heavy (non-hydrogen) atoms. The van der Waals surface area contributed by atoms with E-state index >= 15 is 0 Å². The summed E-state index contributed by atoms with van der Waals surface area (Å²) in [6.07, 6.45) is 5.67. The fourth-order valence-corrected chi connectivity index (χ4v) is 3.88. The molecule has 0 aliphatic rings. The van der Waals surface area contributed by atoms with E-state index in [1.165, 1.54) is 6.33 Å². The zero-order valence-corrected chi connectivity index (χ0v) is 22.6. The van der Waals surface area contributed by atoms with Crippen molar-refractivity contribution in [2.45, 2.75) is 78.9 Å². The SMILES string of the molecule is CCNC(=O)C(C)=Cc1c(-c2ccccc2)oc2ncnc(O[C@H](C)CCCCC(=O)OC(C)(C)C)c12. The van der Waals surface area contributed by atoms with Gasteiger partial charge in [-0.1, -0.05) is 30.3 Å². The van der Waals surface area contributed by atoms with Crippen LogP contribution in [0.4, 0.5) is 0 Å². The van der Waals surface area contributed by atoms with E-state index in [1.54, 1.807) is 13.0 Å². The molecule has 8 nitrogen and oxygen atoms in total. The Labute approximate surface area is 218 Å². The average Bonchev–Trinajstić information content (AvgIpc) is 3.20. The summed E-state index contributed by atoms with van der Waals surface area (Å²) in [5.41, 5.74) is 1.99. The van der Waals surface area contributed by atoms with Crippen molar-refractivity contribution in [2.75, 3.05) is 6.54 Å². The van der Waals surface area contributed by atoms with Gasteiger partial charge in [0.25, 0.3) is 0 Å². The quantitative estimate of drug-likeness (QED) is 0.190. The number of carbonyl (C=O) groups excluding carboxylic acids is 2. The molecule has 0 aliphatic carbocycles. The molecule has 1 N–H and O–H groups in total. The first kappa shape index (κ1) is 27.9. The number of fused-ring (bicyclic) bond motifs is 1. The standard InChI is InChI=1S/C29H37N3O5/c1-7-30-26(34)19(2)17-22-24-27(35-20(3)13-11-12-16-23(33)37-29(4,5)6)31-18-32-28(24)36-25(22)21-14-9-8-10-15-21/h8-10,14-15,17-18,20H,7,11-13,16H2,1-6H3,(H,30,34)/t20-/m1/s1. The molecule has 0 radical (unpaired) electrons. The second kappa shape index (κ2) is 12.5. The molecular weight excluding hydrogens is 470 g/mol. The number of carbonyl (C=O) groups is 2. The molecule has 0 saturated carbocycles. The summed E-state index contributed by atoms with van der Waals surface area (Å²) in [5, 5.41) is 3.44. The number of hydrogen-bond acceptors (Lipinski definition) is 7. The van der Waals surface area contributed by atoms with Crippen LogP contribution in [-0.2, 0) is 14.3 Å². The summed E-state index contributed by atoms with van der Waals surface area (Å²) in [6.45, 7) is 11.7. The number of hydrogen-bond donors (Lipinski definition) is 1. The maximum Gasteiger partial charge on any atom is 0.306 e. The van der Waals surface area contributed by atoms with E-state index in [0.717, 1.165) is 18.4 Å². The topological polar surface area (TPSA) is 104 Å². The largest absolute Gasteiger partial charge is 0.474 e. The summed E-state index contributed by atoms with van der Waals surface area (Å²) in [4.78, 5) is 33.2. The number of nitrogens with zero attached hydrogens (tertiary/aromatic N) is 2. The molecule has 1 amide bonds. The number of rotatable bonds is 11. The molecule has 2 aromatic heterocycles. The molecule has 3 rings (SSSR count). The summed E-state index contributed by atoms with van der Waals surface area (Å²) in [5.74, 6) is 0.637. The Bertz CT molecular complexity index is 1240. The van der Waals surface area contributed by atoms with Crippen LogP contribution in [0.15, 0.2) is 46.6 Å². The lowest BCUT2D eigenvalue weighted by atomic mass is 10.0. The van der Waals surface area contributed by atoms with Crippen molar-refractivity contribution in [1.29, 1.82) is 0 Å². The van der Waals surface area contributed by atoms with Crippen LogP contribution in [0.2, 0.25) is 0 Å². The molecule has 1 atom stereocenters. The van der Waals surface area contributed by atoms with Crippen LogP contribution >= 0.6 is 0 Å². The van der Waals surface area contributed by atoms with Gasteiger partial charge in [0.2, 0.25) is 17.5 Å². The lowest BCUT2D eigenvalue weighted by Crippen LogP contribution is -2.23. The maximum atomic E-state index is 12.5. The van der Waals surface area contributed by atoms with E-state index in [-0.39, 0.29) is 18.0 Å². The zero-order valence-electron chi connectivity index (χ0n) is 22.6. The summed E-state index contributed by atoms with van der Waals surface area (Å²) >= 11 is 0. The molecule has 2 heterocycles. The van der Waals surface area contributed by atoms with Gasteiger partial charge in [0.05, 0.1) is 6.10 Å². The van der Waals surface area contributed by atoms with Crippen molar-refractivity contribution in [3.63, 3.8) is 0 Å². The van der Waals surface area contributed by atoms with Crippen LogP contribution in [0.5, 0.6) is 5.88 Å². The molecule has 0 fully saturated rings. The van der Waals surface area contributed by atoms with Gasteiger partial charge >= 0.3 is 5.97 Å². The lowest BCUT2D eigenvalue weighted by molar-refractivity contribution is -0.155. The summed E-state index contributed by atoms with van der Waals surface area (Å²) < 4.78 is 17.8. The van der Waals surface area contributed by atoms with Gasteiger partial charge in [-0.3, -0.25) is 9.59 Å². The molecule has 0 bridgehead atoms. The second-order valence-electron chi connectivity index (χ2n) is 10.0. The molecule has 0 saturated heterocycles. The van der Waals surface area contributed by atoms with Gasteiger partial charge in [-0.05, 0) is 66.9 Å². The molecule has 0 aliphatic heterocycles. The van der Waals surface area contributed by atoms with Crippen LogP contribution in [-0.4, -0.2) is 40.1 Å². The number of nitrogens with one attached hydrogen (secondary N) is 1. The Morgan fingerprint density at radius 2 is 1.86 bits per heavy atom. The van der Waals surface area contributed by atoms with Gasteiger partial charge in [0.1, 0.15) is 23.1 Å². The monoisotopic (exact) mass is 507 g/mol. The van der Waals surface area contributed by atoms with Crippen LogP contribution < -0.4 is 10.1 Å². The third-order valence-corrected chi connectivity index (χ3v) is 5.56. The van der Waals surface area contributed by atoms with Gasteiger partial charge in [0, 0.05) is 29.7 Å². The third kappa shape index (κ3) is 7.90. The predicted octanol–water partition coefficient (Wildman–Crippen LogP) is 6.10. The number of benzene rings is 1. The minimum Gasteiger partial charge on any atom is -0.474 e. The molecule has 8 heteroatoms. The highest BCUT2D eigenvalue weighted by Crippen LogP contribution is 2.38. The number of aromatic nitrogens is 2. The van der Waals surface area contributed by atoms with Gasteiger partial charge in [-0.2, -0.15) is 0 Å². The first-order valence-corrected chi connectivity index (χ1v) is 12.8. The smallest absolute Gasteiger partial charge is 0.306 e. The number of ether oxygens (including phenoxy) is 2. The molecule has 1 aromatic carbocycles. The van der Waals surface area contributed by atoms with Crippen molar-refractivity contribution in [3.8, 4) is 17.2 Å². The minimum atomic E-state index is -0.475. The Morgan fingerprint density at radius 3 is 2.54 bits per heavy atom. The van der Waals surface area contributed by atoms with Gasteiger partial charge < -0.3 is 19.2 Å². The fourth-order valence-electron chi connectivity index (χ4n) is 3.88. The van der Waals surface area contributed by atoms with Crippen LogP contribution in [0, 0.1) is 0 Å². The number of esters is 1. The second-order valence-corrected chi connectivity index (χ2v) is 10.0. The predicted molar refractivity (Wildman–Crippen MR) is 144 cm³/mol. The molecule has 3 aromatic rings. The third-order valence-electron chi connectivity index (χ3n) is 5.56. The van der Waals surface area contributed by atoms with E-state index in [0.29, 0.717) is 53.3 Å². The van der Waals surface area contributed by atoms with Crippen LogP contribution in [0.3, 0.4) is 0 Å². The lowest BCUT2D eigenvalue weighted by Gasteiger charge is -2.19. The zero-order chi connectivity index (χ0) is 27.0. The summed E-state index contributed by atoms with van der Waals surface area (Å²) in [6, 6.07) is 9.67. The van der Waals surface area contributed by atoms with E-state index in [4.69, 9.17) is 13.9 Å². The average molecular weight is 508 g/mol. The van der Waals surface area contributed by atoms with Crippen LogP contribution in [0.25, 0.3) is 28.5 Å². The number of amides is 1. The Hall–Kier alpha value is -3.68. The Kier molecular flexibility index (Phi) is 9.44. The van der Waals surface area contributed by atoms with Gasteiger partial charge in [-0.25, -0.2) is 9.97 Å². The maximum absolute atomic E-state index is 12.5. The highest BCUT2D eigenvalue weighted by molar-refractivity contribution is 6.03. The minimum absolute atomic E-state index is 0.159. The normalized spacial score (nSPS) is 12.9. The van der Waals surface area contributed by atoms with Gasteiger partial charge in [-0.15, -0.1) is 0 Å². The van der Waals surface area contributed by atoms with Gasteiger partial charge in [0.15, 0.2) is 0 Å². The van der Waals surface area contributed by atoms with Crippen molar-refractivity contribution in [3.05, 3.63) is 47.8 Å². The molecular formula is C29H37N3O5. The number of unbranched alkanes of at least 4 members (excludes halogenated alkanes) is 1. The number of likely N-dealkylation sites (N-methyl/N-ethyl adjacent to an activating group) is 1. The molecule has 198 valence electrons. The first-order chi connectivity index (χ1) is 17.6. The van der Waals surface area contributed by atoms with E-state index in [2.05, 4.69) is 15.3 Å². The molecule has 0 spiro atoms. The van der Waals surface area contributed by atoms with Crippen molar-refractivity contribution >= 4 is 29.1 Å². The van der Waals surface area contributed by atoms with E-state index in [9.17, 15) is 9.59 Å². The highest BCUT2D eigenvalue weighted by Gasteiger charge is 2.22. The first-order valence-electron chi connectivity index (χ1n) is 12.8. The highest BCUT2D eigenvalue weighted by atomic mass is 16.6. The fraction of sp³-hybridized carbons (Fsp3) is 0.448. The Morgan fingerprint density at radius 1 is 1.14 bits per heavy atom. The molecule has 0 unspecified atom stereocenters. The van der Waals surface area contributed by atoms with Crippen molar-refractivity contribution < 1.29 is 23.5 Å². The van der Waals surface area contributed by atoms with E-state index in [1.807, 2.05) is 65.0 Å². The number of furan rings is 1. The van der Waals surface area contributed by atoms with Crippen LogP contribution in [0.1, 0.15) is 72.8 Å². The van der Waals surface area contributed by atoms with Crippen molar-refractivity contribution in [1.82, 2.24) is 15.3 Å². The Balaban J connectivity index is 1.84. The van der Waals surface area contributed by atoms with E-state index < -0.39 is 5.60 Å². The summed E-state index contributed by atoms with van der Waals surface area (Å²) in [7, 11) is 0.